The van der Waals surface area contributed by atoms with Crippen molar-refractivity contribution in [3.63, 3.8) is 0 Å². The molecule has 0 fully saturated rings. The maximum absolute atomic E-state index is 12.0. The van der Waals surface area contributed by atoms with Crippen molar-refractivity contribution in [3.05, 3.63) is 77.3 Å². The lowest BCUT2D eigenvalue weighted by molar-refractivity contribution is -0.152. The van der Waals surface area contributed by atoms with Gasteiger partial charge in [0.05, 0.1) is 24.8 Å². The van der Waals surface area contributed by atoms with Gasteiger partial charge >= 0.3 is 5.97 Å². The number of aryl methyl sites for hydroxylation is 1. The van der Waals surface area contributed by atoms with Crippen LogP contribution in [0.25, 0.3) is 0 Å². The number of benzene rings is 3. The van der Waals surface area contributed by atoms with E-state index in [2.05, 4.69) is 0 Å². The summed E-state index contributed by atoms with van der Waals surface area (Å²) in [7, 11) is 0. The lowest BCUT2D eigenvalue weighted by Gasteiger charge is -2.25. The Hall–Kier alpha value is -3.38. The topological polar surface area (TPSA) is 63.2 Å². The van der Waals surface area contributed by atoms with Crippen LogP contribution < -0.4 is 18.9 Å². The fourth-order valence-corrected chi connectivity index (χ4v) is 3.78. The number of hydrogen-bond donors (Lipinski definition) is 0. The number of fused-ring (bicyclic) bond motifs is 1. The van der Waals surface area contributed by atoms with E-state index in [4.69, 9.17) is 35.3 Å². The van der Waals surface area contributed by atoms with Gasteiger partial charge in [-0.25, -0.2) is 4.79 Å². The van der Waals surface area contributed by atoms with Gasteiger partial charge in [0, 0.05) is 18.6 Å². The summed E-state index contributed by atoms with van der Waals surface area (Å²) in [4.78, 5) is 12.0. The third-order valence-corrected chi connectivity index (χ3v) is 5.53. The summed E-state index contributed by atoms with van der Waals surface area (Å²) in [5, 5.41) is 0.484. The lowest BCUT2D eigenvalue weighted by atomic mass is 10.0. The van der Waals surface area contributed by atoms with Gasteiger partial charge in [-0.2, -0.15) is 0 Å². The average Bonchev–Trinajstić information content (AvgIpc) is 2.85. The summed E-state index contributed by atoms with van der Waals surface area (Å²) in [5.74, 6) is 3.01. The molecular formula is C27H27ClO6. The van der Waals surface area contributed by atoms with Crippen molar-refractivity contribution in [2.75, 3.05) is 19.8 Å². The van der Waals surface area contributed by atoms with Crippen LogP contribution in [0.4, 0.5) is 0 Å². The summed E-state index contributed by atoms with van der Waals surface area (Å²) in [5.41, 5.74) is 1.06. The van der Waals surface area contributed by atoms with Crippen molar-refractivity contribution < 1.29 is 28.5 Å². The second kappa shape index (κ2) is 11.7. The second-order valence-electron chi connectivity index (χ2n) is 7.72. The molecule has 0 bridgehead atoms. The Bertz CT molecular complexity index is 1100. The Labute approximate surface area is 204 Å². The number of carbonyl (C=O) groups excluding carboxylic acids is 1. The molecule has 0 N–H and O–H groups in total. The van der Waals surface area contributed by atoms with Crippen molar-refractivity contribution in [2.24, 2.45) is 0 Å². The summed E-state index contributed by atoms with van der Waals surface area (Å²) in [6.45, 7) is 3.04. The van der Waals surface area contributed by atoms with Crippen LogP contribution in [0.5, 0.6) is 28.7 Å². The van der Waals surface area contributed by atoms with E-state index in [0.29, 0.717) is 60.7 Å². The third-order valence-electron chi connectivity index (χ3n) is 5.23. The molecule has 7 heteroatoms. The molecule has 178 valence electrons. The number of halogens is 1. The molecule has 0 amide bonds. The zero-order valence-corrected chi connectivity index (χ0v) is 19.8. The zero-order chi connectivity index (χ0) is 23.8. The fourth-order valence-electron chi connectivity index (χ4n) is 3.56. The number of rotatable bonds is 10. The van der Waals surface area contributed by atoms with Crippen molar-refractivity contribution in [1.82, 2.24) is 0 Å². The highest BCUT2D eigenvalue weighted by atomic mass is 35.5. The van der Waals surface area contributed by atoms with Gasteiger partial charge in [-0.15, -0.1) is 0 Å². The smallest absolute Gasteiger partial charge is 0.347 e. The van der Waals surface area contributed by atoms with Gasteiger partial charge < -0.3 is 23.7 Å². The van der Waals surface area contributed by atoms with E-state index in [-0.39, 0.29) is 5.97 Å². The third kappa shape index (κ3) is 6.35. The van der Waals surface area contributed by atoms with Crippen LogP contribution in [0.1, 0.15) is 25.3 Å². The predicted molar refractivity (Wildman–Crippen MR) is 129 cm³/mol. The van der Waals surface area contributed by atoms with Gasteiger partial charge in [-0.05, 0) is 55.7 Å². The average molecular weight is 483 g/mol. The van der Waals surface area contributed by atoms with E-state index < -0.39 is 6.10 Å². The lowest BCUT2D eigenvalue weighted by Crippen LogP contribution is -2.32. The molecule has 0 aromatic heterocycles. The first-order valence-electron chi connectivity index (χ1n) is 11.4. The minimum absolute atomic E-state index is 0.324. The highest BCUT2D eigenvalue weighted by molar-refractivity contribution is 6.32. The Morgan fingerprint density at radius 3 is 2.56 bits per heavy atom. The Morgan fingerprint density at radius 2 is 1.76 bits per heavy atom. The molecule has 0 spiro atoms. The fraction of sp³-hybridized carbons (Fsp3) is 0.296. The molecule has 34 heavy (non-hydrogen) atoms. The van der Waals surface area contributed by atoms with Crippen LogP contribution in [0.2, 0.25) is 5.02 Å². The molecule has 0 radical (unpaired) electrons. The molecule has 1 aliphatic heterocycles. The first kappa shape index (κ1) is 23.8. The van der Waals surface area contributed by atoms with Gasteiger partial charge in [0.2, 0.25) is 0 Å². The maximum atomic E-state index is 12.0. The number of hydrogen-bond acceptors (Lipinski definition) is 6. The Balaban J connectivity index is 1.22. The van der Waals surface area contributed by atoms with Crippen LogP contribution in [0.15, 0.2) is 66.7 Å². The predicted octanol–water partition coefficient (Wildman–Crippen LogP) is 6.24. The van der Waals surface area contributed by atoms with Crippen LogP contribution in [-0.4, -0.2) is 31.9 Å². The summed E-state index contributed by atoms with van der Waals surface area (Å²) in [6.07, 6.45) is 1.49. The van der Waals surface area contributed by atoms with Gasteiger partial charge in [0.15, 0.2) is 6.10 Å². The number of para-hydroxylation sites is 1. The maximum Gasteiger partial charge on any atom is 0.347 e. The Kier molecular flexibility index (Phi) is 8.15. The first-order valence-corrected chi connectivity index (χ1v) is 11.7. The molecule has 1 atom stereocenters. The van der Waals surface area contributed by atoms with E-state index in [1.165, 1.54) is 0 Å². The molecule has 1 heterocycles. The van der Waals surface area contributed by atoms with Crippen molar-refractivity contribution in [2.45, 2.75) is 32.3 Å². The standard InChI is InChI=1S/C27H27ClO6/c1-2-30-27(29)25-13-10-19-9-11-21(18-26(19)34-25)31-15-6-16-32-24-14-12-22(17-23(24)28)33-20-7-4-3-5-8-20/h3-5,7-9,11-12,14,17-18,25H,2,6,10,13,15-16H2,1H3. The molecule has 6 nitrogen and oxygen atoms in total. The van der Waals surface area contributed by atoms with Crippen molar-refractivity contribution in [3.8, 4) is 28.7 Å². The first-order chi connectivity index (χ1) is 16.6. The van der Waals surface area contributed by atoms with E-state index >= 15 is 0 Å². The molecule has 0 aliphatic carbocycles. The molecule has 1 aliphatic rings. The SMILES string of the molecule is CCOC(=O)C1CCc2ccc(OCCCOc3ccc(Oc4ccccc4)cc3Cl)cc2O1. The number of carbonyl (C=O) groups is 1. The minimum atomic E-state index is -0.565. The summed E-state index contributed by atoms with van der Waals surface area (Å²) < 4.78 is 28.3. The van der Waals surface area contributed by atoms with Gasteiger partial charge in [-0.3, -0.25) is 0 Å². The van der Waals surface area contributed by atoms with Crippen molar-refractivity contribution >= 4 is 17.6 Å². The van der Waals surface area contributed by atoms with Crippen LogP contribution in [0.3, 0.4) is 0 Å². The van der Waals surface area contributed by atoms with Gasteiger partial charge in [-0.1, -0.05) is 35.9 Å². The van der Waals surface area contributed by atoms with Gasteiger partial charge in [0.1, 0.15) is 28.7 Å². The highest BCUT2D eigenvalue weighted by Gasteiger charge is 2.27. The normalized spacial score (nSPS) is 14.5. The summed E-state index contributed by atoms with van der Waals surface area (Å²) in [6, 6.07) is 20.6. The van der Waals surface area contributed by atoms with E-state index in [0.717, 1.165) is 17.7 Å². The Morgan fingerprint density at radius 1 is 0.971 bits per heavy atom. The largest absolute Gasteiger partial charge is 0.493 e. The zero-order valence-electron chi connectivity index (χ0n) is 19.0. The van der Waals surface area contributed by atoms with E-state index in [9.17, 15) is 4.79 Å². The quantitative estimate of drug-likeness (QED) is 0.252. The van der Waals surface area contributed by atoms with Crippen LogP contribution in [-0.2, 0) is 16.0 Å². The molecule has 0 saturated carbocycles. The highest BCUT2D eigenvalue weighted by Crippen LogP contribution is 2.33. The minimum Gasteiger partial charge on any atom is -0.493 e. The van der Waals surface area contributed by atoms with Gasteiger partial charge in [0.25, 0.3) is 0 Å². The van der Waals surface area contributed by atoms with Crippen LogP contribution in [0, 0.1) is 0 Å². The molecule has 3 aromatic carbocycles. The molecule has 3 aromatic rings. The summed E-state index contributed by atoms with van der Waals surface area (Å²) >= 11 is 6.34. The van der Waals surface area contributed by atoms with Crippen LogP contribution >= 0.6 is 11.6 Å². The number of ether oxygens (including phenoxy) is 5. The number of esters is 1. The van der Waals surface area contributed by atoms with E-state index in [1.54, 1.807) is 19.1 Å². The molecule has 1 unspecified atom stereocenters. The van der Waals surface area contributed by atoms with Crippen molar-refractivity contribution in [1.29, 1.82) is 0 Å². The van der Waals surface area contributed by atoms with E-state index in [1.807, 2.05) is 54.6 Å². The molecular weight excluding hydrogens is 456 g/mol. The molecule has 4 rings (SSSR count). The monoisotopic (exact) mass is 482 g/mol. The second-order valence-corrected chi connectivity index (χ2v) is 8.13. The molecule has 0 saturated heterocycles.